The van der Waals surface area contributed by atoms with E-state index in [0.717, 1.165) is 78.8 Å². The summed E-state index contributed by atoms with van der Waals surface area (Å²) >= 11 is 0. The van der Waals surface area contributed by atoms with Gasteiger partial charge in [-0.25, -0.2) is 0 Å². The van der Waals surface area contributed by atoms with Crippen LogP contribution in [0.1, 0.15) is 30.4 Å². The topological polar surface area (TPSA) is 97.1 Å². The molecule has 0 saturated carbocycles. The summed E-state index contributed by atoms with van der Waals surface area (Å²) in [5, 5.41) is 1.02. The normalized spacial score (nSPS) is 14.0. The average Bonchev–Trinajstić information content (AvgIpc) is 3.37. The van der Waals surface area contributed by atoms with E-state index < -0.39 is 6.36 Å². The van der Waals surface area contributed by atoms with Crippen LogP contribution in [0.2, 0.25) is 0 Å². The van der Waals surface area contributed by atoms with Gasteiger partial charge in [0.15, 0.2) is 0 Å². The Morgan fingerprint density at radius 3 is 2.11 bits per heavy atom. The lowest BCUT2D eigenvalue weighted by molar-refractivity contribution is -0.274. The Hall–Kier alpha value is -3.35. The second-order valence-electron chi connectivity index (χ2n) is 10.9. The summed E-state index contributed by atoms with van der Waals surface area (Å²) in [7, 11) is 3.24. The van der Waals surface area contributed by atoms with Gasteiger partial charge in [0, 0.05) is 73.6 Å². The molecule has 2 heterocycles. The van der Waals surface area contributed by atoms with Crippen molar-refractivity contribution in [1.82, 2.24) is 9.47 Å². The molecule has 0 bridgehead atoms. The maximum absolute atomic E-state index is 12.9. The van der Waals surface area contributed by atoms with Crippen molar-refractivity contribution in [3.8, 4) is 34.1 Å². The van der Waals surface area contributed by atoms with Crippen LogP contribution < -0.4 is 30.4 Å². The molecule has 13 heteroatoms. The molecule has 0 unspecified atom stereocenters. The van der Waals surface area contributed by atoms with E-state index in [2.05, 4.69) is 32.4 Å². The van der Waals surface area contributed by atoms with E-state index in [1.165, 1.54) is 12.1 Å². The zero-order valence-electron chi connectivity index (χ0n) is 25.8. The maximum Gasteiger partial charge on any atom is 0.573 e. The van der Waals surface area contributed by atoms with Crippen LogP contribution in [0.3, 0.4) is 0 Å². The first-order valence-electron chi connectivity index (χ1n) is 14.7. The fraction of sp³-hybridized carbons (Fsp3) is 0.394. The Labute approximate surface area is 279 Å². The highest BCUT2D eigenvalue weighted by Gasteiger charge is 2.31. The maximum atomic E-state index is 12.9. The Balaban J connectivity index is 0.00000288. The van der Waals surface area contributed by atoms with Crippen LogP contribution in [0.15, 0.2) is 60.8 Å². The lowest BCUT2D eigenvalue weighted by Gasteiger charge is -2.32. The molecule has 3 aromatic carbocycles. The number of likely N-dealkylation sites (tertiary alicyclic amines) is 1. The van der Waals surface area contributed by atoms with Gasteiger partial charge >= 0.3 is 6.36 Å². The molecule has 1 saturated heterocycles. The van der Waals surface area contributed by atoms with E-state index in [0.29, 0.717) is 23.6 Å². The molecule has 4 aromatic rings. The van der Waals surface area contributed by atoms with Crippen molar-refractivity contribution in [2.24, 2.45) is 11.5 Å². The fourth-order valence-corrected chi connectivity index (χ4v) is 5.79. The first-order valence-corrected chi connectivity index (χ1v) is 14.7. The number of nitrogens with zero attached hydrogens (tertiary/aromatic N) is 2. The zero-order valence-corrected chi connectivity index (χ0v) is 27.5. The number of aryl methyl sites for hydroxylation is 1. The van der Waals surface area contributed by atoms with E-state index in [1.54, 1.807) is 20.3 Å². The third-order valence-corrected chi connectivity index (χ3v) is 7.94. The van der Waals surface area contributed by atoms with Gasteiger partial charge in [-0.2, -0.15) is 0 Å². The van der Waals surface area contributed by atoms with Crippen molar-refractivity contribution in [3.63, 3.8) is 0 Å². The van der Waals surface area contributed by atoms with Gasteiger partial charge in [0.05, 0.1) is 14.2 Å². The molecule has 1 fully saturated rings. The highest BCUT2D eigenvalue weighted by molar-refractivity contribution is 5.97. The van der Waals surface area contributed by atoms with Crippen LogP contribution in [-0.2, 0) is 19.6 Å². The quantitative estimate of drug-likeness (QED) is 0.167. The van der Waals surface area contributed by atoms with Crippen molar-refractivity contribution in [2.75, 3.05) is 33.9 Å². The number of halogens is 5. The predicted octanol–water partition coefficient (Wildman–Crippen LogP) is 6.92. The lowest BCUT2D eigenvalue weighted by atomic mass is 9.97. The van der Waals surface area contributed by atoms with Crippen molar-refractivity contribution in [1.29, 1.82) is 0 Å². The third kappa shape index (κ3) is 9.13. The number of fused-ring (bicyclic) bond motifs is 1. The number of methoxy groups -OCH3 is 2. The predicted molar refractivity (Wildman–Crippen MR) is 179 cm³/mol. The first kappa shape index (κ1) is 37.1. The molecule has 0 aliphatic carbocycles. The highest BCUT2D eigenvalue weighted by Crippen LogP contribution is 2.37. The van der Waals surface area contributed by atoms with Gasteiger partial charge in [0.2, 0.25) is 0 Å². The van der Waals surface area contributed by atoms with Crippen LogP contribution in [0.25, 0.3) is 22.0 Å². The highest BCUT2D eigenvalue weighted by atomic mass is 35.5. The van der Waals surface area contributed by atoms with E-state index in [4.69, 9.17) is 25.7 Å². The minimum Gasteiger partial charge on any atom is -0.496 e. The first-order chi connectivity index (χ1) is 21.2. The summed E-state index contributed by atoms with van der Waals surface area (Å²) in [6, 6.07) is 16.3. The number of benzene rings is 3. The number of nitrogens with two attached hydrogens (primary N) is 2. The molecule has 46 heavy (non-hydrogen) atoms. The second kappa shape index (κ2) is 16.5. The number of ether oxygens (including phenoxy) is 4. The molecule has 5 rings (SSSR count). The van der Waals surface area contributed by atoms with Crippen LogP contribution in [0.5, 0.6) is 23.0 Å². The number of hydrogen-bond acceptors (Lipinski definition) is 7. The van der Waals surface area contributed by atoms with Gasteiger partial charge in [-0.3, -0.25) is 4.90 Å². The summed E-state index contributed by atoms with van der Waals surface area (Å²) in [5.41, 5.74) is 16.3. The van der Waals surface area contributed by atoms with E-state index in [-0.39, 0.29) is 43.2 Å². The minimum absolute atomic E-state index is 0. The SMILES string of the molecule is COc1cc(OC)cc(OC2CCN(Cc3ccc4c(c3)c(-c3ccc(OC(F)(F)F)cc3CN)cn4CCCN)CC2)c1.Cl.Cl. The van der Waals surface area contributed by atoms with Crippen molar-refractivity contribution in [3.05, 3.63) is 71.9 Å². The molecule has 0 radical (unpaired) electrons. The third-order valence-electron chi connectivity index (χ3n) is 7.94. The van der Waals surface area contributed by atoms with Crippen LogP contribution in [0, 0.1) is 0 Å². The van der Waals surface area contributed by atoms with Gasteiger partial charge in [-0.15, -0.1) is 38.0 Å². The summed E-state index contributed by atoms with van der Waals surface area (Å²) in [6.45, 7) is 3.88. The van der Waals surface area contributed by atoms with Crippen molar-refractivity contribution in [2.45, 2.75) is 51.4 Å². The Morgan fingerprint density at radius 2 is 1.50 bits per heavy atom. The number of hydrogen-bond donors (Lipinski definition) is 2. The second-order valence-corrected chi connectivity index (χ2v) is 10.9. The summed E-state index contributed by atoms with van der Waals surface area (Å²) in [6.07, 6.45) is -0.0771. The molecule has 1 aromatic heterocycles. The number of alkyl halides is 3. The van der Waals surface area contributed by atoms with Crippen LogP contribution in [0.4, 0.5) is 13.2 Å². The smallest absolute Gasteiger partial charge is 0.496 e. The Kier molecular flexibility index (Phi) is 13.3. The van der Waals surface area contributed by atoms with Crippen molar-refractivity contribution >= 4 is 35.7 Å². The minimum atomic E-state index is -4.77. The van der Waals surface area contributed by atoms with Gasteiger partial charge in [0.25, 0.3) is 0 Å². The van der Waals surface area contributed by atoms with Crippen LogP contribution in [-0.4, -0.2) is 55.8 Å². The largest absolute Gasteiger partial charge is 0.573 e. The molecule has 1 aliphatic rings. The molecular formula is C33H41Cl2F3N4O4. The molecule has 4 N–H and O–H groups in total. The van der Waals surface area contributed by atoms with Gasteiger partial charge in [0.1, 0.15) is 29.1 Å². The molecule has 0 amide bonds. The van der Waals surface area contributed by atoms with E-state index in [9.17, 15) is 13.2 Å². The van der Waals surface area contributed by atoms with E-state index in [1.807, 2.05) is 24.4 Å². The van der Waals surface area contributed by atoms with Gasteiger partial charge in [-0.1, -0.05) is 12.1 Å². The number of rotatable bonds is 12. The number of aromatic nitrogens is 1. The number of piperidine rings is 1. The summed E-state index contributed by atoms with van der Waals surface area (Å²) < 4.78 is 61.9. The molecule has 0 atom stereocenters. The molecule has 0 spiro atoms. The van der Waals surface area contributed by atoms with Gasteiger partial charge in [-0.05, 0) is 66.8 Å². The van der Waals surface area contributed by atoms with Gasteiger partial charge < -0.3 is 35.0 Å². The Morgan fingerprint density at radius 1 is 0.826 bits per heavy atom. The lowest BCUT2D eigenvalue weighted by Crippen LogP contribution is -2.37. The summed E-state index contributed by atoms with van der Waals surface area (Å²) in [5.74, 6) is 1.82. The van der Waals surface area contributed by atoms with E-state index >= 15 is 0 Å². The average molecular weight is 686 g/mol. The monoisotopic (exact) mass is 684 g/mol. The Bertz CT molecular complexity index is 1550. The molecule has 1 aliphatic heterocycles. The van der Waals surface area contributed by atoms with Crippen LogP contribution >= 0.6 is 24.8 Å². The molecular weight excluding hydrogens is 644 g/mol. The summed E-state index contributed by atoms with van der Waals surface area (Å²) in [4.78, 5) is 2.41. The molecule has 8 nitrogen and oxygen atoms in total. The molecule has 252 valence electrons. The standard InChI is InChI=1S/C33H39F3N4O4.2ClH/c1-41-26-16-27(42-2)18-28(17-26)43-24-8-12-39(13-9-24)20-22-4-7-32-30(14-22)31(21-40(32)11-3-10-37)29-6-5-25(15-23(29)19-38)44-33(34,35)36;;/h4-7,14-18,21,24H,3,8-13,19-20,37-38H2,1-2H3;2*1H. The fourth-order valence-electron chi connectivity index (χ4n) is 5.79. The van der Waals surface area contributed by atoms with Crippen molar-refractivity contribution < 1.29 is 32.1 Å². The zero-order chi connectivity index (χ0) is 31.3.